The second-order valence-corrected chi connectivity index (χ2v) is 6.25. The normalized spacial score (nSPS) is 12.0. The fraction of sp³-hybridized carbons (Fsp3) is 0.368. The Morgan fingerprint density at radius 2 is 1.83 bits per heavy atom. The highest BCUT2D eigenvalue weighted by molar-refractivity contribution is 5.98. The van der Waals surface area contributed by atoms with Crippen LogP contribution < -0.4 is 10.6 Å². The van der Waals surface area contributed by atoms with Crippen LogP contribution in [0.2, 0.25) is 0 Å². The second-order valence-electron chi connectivity index (χ2n) is 6.25. The van der Waals surface area contributed by atoms with E-state index >= 15 is 0 Å². The molecule has 2 rings (SSSR count). The lowest BCUT2D eigenvalue weighted by atomic mass is 9.97. The molecule has 1 heterocycles. The van der Waals surface area contributed by atoms with E-state index in [9.17, 15) is 9.59 Å². The molecule has 24 heavy (non-hydrogen) atoms. The third-order valence-electron chi connectivity index (χ3n) is 3.65. The molecule has 128 valence electrons. The first-order chi connectivity index (χ1) is 11.5. The number of carbonyl (C=O) groups is 2. The van der Waals surface area contributed by atoms with E-state index < -0.39 is 6.04 Å². The molecular formula is C19H24N2O3. The van der Waals surface area contributed by atoms with Crippen LogP contribution in [0.25, 0.3) is 0 Å². The van der Waals surface area contributed by atoms with Crippen molar-refractivity contribution in [1.82, 2.24) is 10.6 Å². The summed E-state index contributed by atoms with van der Waals surface area (Å²) in [6.07, 6.45) is 2.38. The van der Waals surface area contributed by atoms with Crippen molar-refractivity contribution in [3.63, 3.8) is 0 Å². The molecule has 2 N–H and O–H groups in total. The van der Waals surface area contributed by atoms with Crippen LogP contribution in [0, 0.1) is 5.92 Å². The highest BCUT2D eigenvalue weighted by atomic mass is 16.3. The van der Waals surface area contributed by atoms with Gasteiger partial charge in [-0.05, 0) is 43.0 Å². The highest BCUT2D eigenvalue weighted by Gasteiger charge is 2.18. The summed E-state index contributed by atoms with van der Waals surface area (Å²) in [7, 11) is 0. The summed E-state index contributed by atoms with van der Waals surface area (Å²) in [6.45, 7) is 6.19. The SMILES string of the molecule is CC(C)Cc1ccccc1C(=O)N[C@H](C)C(=O)NCc1ccco1. The summed E-state index contributed by atoms with van der Waals surface area (Å²) < 4.78 is 5.16. The Hall–Kier alpha value is -2.56. The van der Waals surface area contributed by atoms with Gasteiger partial charge in [0.25, 0.3) is 5.91 Å². The van der Waals surface area contributed by atoms with E-state index in [1.165, 1.54) is 0 Å². The molecule has 2 amide bonds. The van der Waals surface area contributed by atoms with Crippen molar-refractivity contribution in [1.29, 1.82) is 0 Å². The molecule has 0 spiro atoms. The number of carbonyl (C=O) groups excluding carboxylic acids is 2. The number of amides is 2. The van der Waals surface area contributed by atoms with Crippen LogP contribution in [0.5, 0.6) is 0 Å². The van der Waals surface area contributed by atoms with Crippen molar-refractivity contribution in [2.75, 3.05) is 0 Å². The van der Waals surface area contributed by atoms with E-state index in [0.717, 1.165) is 12.0 Å². The van der Waals surface area contributed by atoms with Crippen LogP contribution in [0.4, 0.5) is 0 Å². The largest absolute Gasteiger partial charge is 0.467 e. The lowest BCUT2D eigenvalue weighted by Gasteiger charge is -2.16. The third kappa shape index (κ3) is 4.98. The zero-order valence-electron chi connectivity index (χ0n) is 14.3. The molecule has 1 atom stereocenters. The van der Waals surface area contributed by atoms with Gasteiger partial charge in [0.2, 0.25) is 5.91 Å². The average Bonchev–Trinajstić information content (AvgIpc) is 3.05. The van der Waals surface area contributed by atoms with Crippen LogP contribution in [0.3, 0.4) is 0 Å². The van der Waals surface area contributed by atoms with Gasteiger partial charge in [-0.1, -0.05) is 32.0 Å². The van der Waals surface area contributed by atoms with E-state index in [-0.39, 0.29) is 11.8 Å². The summed E-state index contributed by atoms with van der Waals surface area (Å²) in [4.78, 5) is 24.6. The molecule has 0 aliphatic heterocycles. The standard InChI is InChI=1S/C19H24N2O3/c1-13(2)11-15-7-4-5-9-17(15)19(23)21-14(3)18(22)20-12-16-8-6-10-24-16/h4-10,13-14H,11-12H2,1-3H3,(H,20,22)(H,21,23)/t14-/m1/s1. The summed E-state index contributed by atoms with van der Waals surface area (Å²) in [6, 6.07) is 10.4. The van der Waals surface area contributed by atoms with Gasteiger partial charge in [0, 0.05) is 5.56 Å². The van der Waals surface area contributed by atoms with Crippen molar-refractivity contribution in [3.8, 4) is 0 Å². The smallest absolute Gasteiger partial charge is 0.252 e. The lowest BCUT2D eigenvalue weighted by molar-refractivity contribution is -0.122. The van der Waals surface area contributed by atoms with E-state index in [4.69, 9.17) is 4.42 Å². The molecule has 0 saturated heterocycles. The Labute approximate surface area is 142 Å². The summed E-state index contributed by atoms with van der Waals surface area (Å²) in [5.41, 5.74) is 1.62. The fourth-order valence-electron chi connectivity index (χ4n) is 2.44. The molecule has 0 aliphatic rings. The lowest BCUT2D eigenvalue weighted by Crippen LogP contribution is -2.44. The molecule has 0 unspecified atom stereocenters. The molecule has 1 aromatic heterocycles. The van der Waals surface area contributed by atoms with E-state index in [2.05, 4.69) is 24.5 Å². The zero-order chi connectivity index (χ0) is 17.5. The van der Waals surface area contributed by atoms with Crippen LogP contribution in [0.15, 0.2) is 47.1 Å². The van der Waals surface area contributed by atoms with E-state index in [1.807, 2.05) is 18.2 Å². The third-order valence-corrected chi connectivity index (χ3v) is 3.65. The number of nitrogens with one attached hydrogen (secondary N) is 2. The van der Waals surface area contributed by atoms with Gasteiger partial charge in [0.1, 0.15) is 11.8 Å². The molecule has 0 bridgehead atoms. The van der Waals surface area contributed by atoms with Gasteiger partial charge >= 0.3 is 0 Å². The Balaban J connectivity index is 1.94. The van der Waals surface area contributed by atoms with Gasteiger partial charge in [-0.3, -0.25) is 9.59 Å². The molecule has 5 heteroatoms. The summed E-state index contributed by atoms with van der Waals surface area (Å²) in [5.74, 6) is 0.644. The number of hydrogen-bond donors (Lipinski definition) is 2. The van der Waals surface area contributed by atoms with Gasteiger partial charge in [-0.2, -0.15) is 0 Å². The number of furan rings is 1. The maximum atomic E-state index is 12.5. The molecule has 0 fully saturated rings. The topological polar surface area (TPSA) is 71.3 Å². The van der Waals surface area contributed by atoms with Crippen LogP contribution in [-0.4, -0.2) is 17.9 Å². The minimum atomic E-state index is -0.625. The van der Waals surface area contributed by atoms with Crippen molar-refractivity contribution in [2.24, 2.45) is 5.92 Å². The van der Waals surface area contributed by atoms with Crippen molar-refractivity contribution >= 4 is 11.8 Å². The number of benzene rings is 1. The molecule has 0 aliphatic carbocycles. The molecule has 5 nitrogen and oxygen atoms in total. The van der Waals surface area contributed by atoms with Crippen LogP contribution in [0.1, 0.15) is 42.5 Å². The summed E-state index contributed by atoms with van der Waals surface area (Å²) >= 11 is 0. The first-order valence-corrected chi connectivity index (χ1v) is 8.16. The minimum Gasteiger partial charge on any atom is -0.467 e. The fourth-order valence-corrected chi connectivity index (χ4v) is 2.44. The van der Waals surface area contributed by atoms with E-state index in [0.29, 0.717) is 23.8 Å². The van der Waals surface area contributed by atoms with Crippen LogP contribution in [-0.2, 0) is 17.8 Å². The maximum absolute atomic E-state index is 12.5. The molecule has 1 aromatic carbocycles. The molecule has 0 radical (unpaired) electrons. The van der Waals surface area contributed by atoms with Crippen molar-refractivity contribution < 1.29 is 14.0 Å². The maximum Gasteiger partial charge on any atom is 0.252 e. The van der Waals surface area contributed by atoms with Gasteiger partial charge in [0.15, 0.2) is 0 Å². The Bertz CT molecular complexity index is 678. The molecular weight excluding hydrogens is 304 g/mol. The minimum absolute atomic E-state index is 0.230. The highest BCUT2D eigenvalue weighted by Crippen LogP contribution is 2.14. The molecule has 0 saturated carbocycles. The van der Waals surface area contributed by atoms with E-state index in [1.54, 1.807) is 31.4 Å². The Kier molecular flexibility index (Phi) is 6.18. The van der Waals surface area contributed by atoms with Gasteiger partial charge in [-0.15, -0.1) is 0 Å². The van der Waals surface area contributed by atoms with Crippen LogP contribution >= 0.6 is 0 Å². The quantitative estimate of drug-likeness (QED) is 0.821. The van der Waals surface area contributed by atoms with Gasteiger partial charge < -0.3 is 15.1 Å². The summed E-state index contributed by atoms with van der Waals surface area (Å²) in [5, 5.41) is 5.50. The second kappa shape index (κ2) is 8.34. The van der Waals surface area contributed by atoms with Gasteiger partial charge in [-0.25, -0.2) is 0 Å². The van der Waals surface area contributed by atoms with Crippen molar-refractivity contribution in [2.45, 2.75) is 39.8 Å². The monoisotopic (exact) mass is 328 g/mol. The zero-order valence-corrected chi connectivity index (χ0v) is 14.3. The predicted molar refractivity (Wildman–Crippen MR) is 92.5 cm³/mol. The Morgan fingerprint density at radius 1 is 1.08 bits per heavy atom. The first kappa shape index (κ1) is 17.8. The number of hydrogen-bond acceptors (Lipinski definition) is 3. The predicted octanol–water partition coefficient (Wildman–Crippen LogP) is 2.91. The van der Waals surface area contributed by atoms with Gasteiger partial charge in [0.05, 0.1) is 12.8 Å². The first-order valence-electron chi connectivity index (χ1n) is 8.16. The van der Waals surface area contributed by atoms with Crippen molar-refractivity contribution in [3.05, 3.63) is 59.5 Å². The molecule has 2 aromatic rings. The average molecular weight is 328 g/mol. The Morgan fingerprint density at radius 3 is 2.50 bits per heavy atom. The number of rotatable bonds is 7.